The highest BCUT2D eigenvalue weighted by atomic mass is 32.2. The highest BCUT2D eigenvalue weighted by molar-refractivity contribution is 8.01. The number of fused-ring (bicyclic) bond motifs is 1. The summed E-state index contributed by atoms with van der Waals surface area (Å²) >= 11 is 2.79. The number of non-ortho nitro benzene ring substituents is 1. The summed E-state index contributed by atoms with van der Waals surface area (Å²) in [5, 5.41) is 19.2. The van der Waals surface area contributed by atoms with Gasteiger partial charge in [0.05, 0.1) is 15.1 Å². The number of nitrogens with zero attached hydrogens (tertiary/aromatic N) is 5. The summed E-state index contributed by atoms with van der Waals surface area (Å²) in [6, 6.07) is 4.65. The maximum Gasteiger partial charge on any atom is 0.270 e. The molecule has 3 rings (SSSR count). The third-order valence-electron chi connectivity index (χ3n) is 2.41. The van der Waals surface area contributed by atoms with E-state index in [0.29, 0.717) is 0 Å². The van der Waals surface area contributed by atoms with Crippen molar-refractivity contribution in [1.82, 2.24) is 19.7 Å². The maximum atomic E-state index is 10.7. The van der Waals surface area contributed by atoms with E-state index in [4.69, 9.17) is 0 Å². The van der Waals surface area contributed by atoms with E-state index in [1.165, 1.54) is 35.2 Å². The van der Waals surface area contributed by atoms with Crippen LogP contribution in [-0.2, 0) is 7.05 Å². The Kier molecular flexibility index (Phi) is 2.91. The van der Waals surface area contributed by atoms with E-state index < -0.39 is 4.92 Å². The van der Waals surface area contributed by atoms with Gasteiger partial charge in [-0.25, -0.2) is 4.98 Å². The Morgan fingerprint density at radius 3 is 3.00 bits per heavy atom. The first-order chi connectivity index (χ1) is 9.13. The second kappa shape index (κ2) is 4.59. The fraction of sp³-hybridized carbons (Fsp3) is 0.100. The predicted molar refractivity (Wildman–Crippen MR) is 71.4 cm³/mol. The minimum Gasteiger partial charge on any atom is -0.311 e. The number of rotatable bonds is 3. The quantitative estimate of drug-likeness (QED) is 0.544. The summed E-state index contributed by atoms with van der Waals surface area (Å²) in [6.45, 7) is 0. The molecular formula is C10H7N5O2S2. The molecule has 0 atom stereocenters. The first kappa shape index (κ1) is 12.1. The number of aryl methyl sites for hydroxylation is 1. The Morgan fingerprint density at radius 2 is 2.32 bits per heavy atom. The lowest BCUT2D eigenvalue weighted by molar-refractivity contribution is -0.384. The zero-order valence-corrected chi connectivity index (χ0v) is 11.3. The van der Waals surface area contributed by atoms with E-state index >= 15 is 0 Å². The molecule has 0 fully saturated rings. The first-order valence-electron chi connectivity index (χ1n) is 5.20. The van der Waals surface area contributed by atoms with Gasteiger partial charge < -0.3 is 4.57 Å². The Labute approximate surface area is 115 Å². The van der Waals surface area contributed by atoms with Gasteiger partial charge in [0.1, 0.15) is 6.33 Å². The number of hydrogen-bond donors (Lipinski definition) is 0. The van der Waals surface area contributed by atoms with Crippen LogP contribution in [0.25, 0.3) is 10.2 Å². The largest absolute Gasteiger partial charge is 0.311 e. The number of thiazole rings is 1. The van der Waals surface area contributed by atoms with E-state index in [1.807, 2.05) is 7.05 Å². The SMILES string of the molecule is Cn1cnnc1Sc1nc2ccc([N+](=O)[O-])cc2s1. The third-order valence-corrected chi connectivity index (χ3v) is 4.54. The van der Waals surface area contributed by atoms with E-state index in [-0.39, 0.29) is 5.69 Å². The van der Waals surface area contributed by atoms with Crippen molar-refractivity contribution in [1.29, 1.82) is 0 Å². The minimum absolute atomic E-state index is 0.0753. The fourth-order valence-electron chi connectivity index (χ4n) is 1.49. The fourth-order valence-corrected chi connectivity index (χ4v) is 3.46. The van der Waals surface area contributed by atoms with Crippen LogP contribution in [0.15, 0.2) is 34.0 Å². The second-order valence-corrected chi connectivity index (χ2v) is 5.96. The number of nitro benzene ring substituents is 1. The Morgan fingerprint density at radius 1 is 1.47 bits per heavy atom. The van der Waals surface area contributed by atoms with Crippen LogP contribution in [0.1, 0.15) is 0 Å². The molecule has 0 bridgehead atoms. The van der Waals surface area contributed by atoms with Crippen molar-refractivity contribution >= 4 is 39.0 Å². The van der Waals surface area contributed by atoms with Crippen molar-refractivity contribution in [2.45, 2.75) is 9.50 Å². The summed E-state index contributed by atoms with van der Waals surface area (Å²) < 4.78 is 3.37. The molecule has 0 aliphatic heterocycles. The molecule has 2 heterocycles. The molecule has 2 aromatic heterocycles. The summed E-state index contributed by atoms with van der Waals surface area (Å²) in [6.07, 6.45) is 1.61. The van der Waals surface area contributed by atoms with E-state index in [1.54, 1.807) is 17.0 Å². The van der Waals surface area contributed by atoms with Crippen LogP contribution in [0.3, 0.4) is 0 Å². The molecule has 0 radical (unpaired) electrons. The van der Waals surface area contributed by atoms with Crippen molar-refractivity contribution in [2.75, 3.05) is 0 Å². The lowest BCUT2D eigenvalue weighted by Crippen LogP contribution is -1.87. The van der Waals surface area contributed by atoms with E-state index in [9.17, 15) is 10.1 Å². The van der Waals surface area contributed by atoms with Crippen LogP contribution in [0.4, 0.5) is 5.69 Å². The maximum absolute atomic E-state index is 10.7. The van der Waals surface area contributed by atoms with Crippen LogP contribution in [-0.4, -0.2) is 24.7 Å². The Hall–Kier alpha value is -2.00. The van der Waals surface area contributed by atoms with Crippen LogP contribution >= 0.6 is 23.1 Å². The van der Waals surface area contributed by atoms with Gasteiger partial charge in [-0.15, -0.1) is 21.5 Å². The van der Waals surface area contributed by atoms with Crippen LogP contribution in [0.5, 0.6) is 0 Å². The molecule has 9 heteroatoms. The van der Waals surface area contributed by atoms with Gasteiger partial charge in [0.2, 0.25) is 0 Å². The number of benzene rings is 1. The molecule has 0 N–H and O–H groups in total. The molecule has 0 amide bonds. The molecule has 0 aliphatic carbocycles. The van der Waals surface area contributed by atoms with Crippen molar-refractivity contribution in [3.05, 3.63) is 34.6 Å². The molecule has 19 heavy (non-hydrogen) atoms. The number of aromatic nitrogens is 4. The standard InChI is InChI=1S/C10H7N5O2S2/c1-14-5-11-13-9(14)19-10-12-7-3-2-6(15(16)17)4-8(7)18-10/h2-5H,1H3. The molecule has 1 aromatic carbocycles. The monoisotopic (exact) mass is 293 g/mol. The zero-order valence-electron chi connectivity index (χ0n) is 9.68. The Balaban J connectivity index is 1.97. The van der Waals surface area contributed by atoms with Crippen molar-refractivity contribution < 1.29 is 4.92 Å². The molecule has 0 unspecified atom stereocenters. The summed E-state index contributed by atoms with van der Waals surface area (Å²) in [5.74, 6) is 0. The highest BCUT2D eigenvalue weighted by Gasteiger charge is 2.12. The smallest absolute Gasteiger partial charge is 0.270 e. The van der Waals surface area contributed by atoms with Gasteiger partial charge in [0.15, 0.2) is 9.50 Å². The van der Waals surface area contributed by atoms with Gasteiger partial charge in [-0.3, -0.25) is 10.1 Å². The second-order valence-electron chi connectivity index (χ2n) is 3.72. The average molecular weight is 293 g/mol. The molecule has 0 saturated carbocycles. The van der Waals surface area contributed by atoms with Gasteiger partial charge in [0.25, 0.3) is 5.69 Å². The van der Waals surface area contributed by atoms with E-state index in [0.717, 1.165) is 19.7 Å². The third kappa shape index (κ3) is 2.29. The van der Waals surface area contributed by atoms with Gasteiger partial charge >= 0.3 is 0 Å². The van der Waals surface area contributed by atoms with Crippen molar-refractivity contribution in [3.8, 4) is 0 Å². The normalized spacial score (nSPS) is 11.0. The van der Waals surface area contributed by atoms with Gasteiger partial charge in [-0.2, -0.15) is 0 Å². The minimum atomic E-state index is -0.408. The Bertz CT molecular complexity index is 766. The molecule has 7 nitrogen and oxygen atoms in total. The summed E-state index contributed by atoms with van der Waals surface area (Å²) in [4.78, 5) is 14.7. The van der Waals surface area contributed by atoms with Crippen LogP contribution < -0.4 is 0 Å². The van der Waals surface area contributed by atoms with E-state index in [2.05, 4.69) is 15.2 Å². The molecule has 0 spiro atoms. The van der Waals surface area contributed by atoms with Gasteiger partial charge in [-0.05, 0) is 17.8 Å². The van der Waals surface area contributed by atoms with Crippen LogP contribution in [0, 0.1) is 10.1 Å². The lowest BCUT2D eigenvalue weighted by atomic mass is 10.3. The highest BCUT2D eigenvalue weighted by Crippen LogP contribution is 2.34. The number of hydrogen-bond acceptors (Lipinski definition) is 7. The van der Waals surface area contributed by atoms with Crippen molar-refractivity contribution in [3.63, 3.8) is 0 Å². The number of nitro groups is 1. The van der Waals surface area contributed by atoms with Gasteiger partial charge in [-0.1, -0.05) is 0 Å². The molecule has 3 aromatic rings. The molecule has 0 aliphatic rings. The molecule has 0 saturated heterocycles. The van der Waals surface area contributed by atoms with Crippen LogP contribution in [0.2, 0.25) is 0 Å². The lowest BCUT2D eigenvalue weighted by Gasteiger charge is -1.94. The zero-order chi connectivity index (χ0) is 13.4. The average Bonchev–Trinajstić information content (AvgIpc) is 2.95. The first-order valence-corrected chi connectivity index (χ1v) is 6.83. The van der Waals surface area contributed by atoms with Crippen molar-refractivity contribution in [2.24, 2.45) is 7.05 Å². The summed E-state index contributed by atoms with van der Waals surface area (Å²) in [5.41, 5.74) is 0.826. The molecular weight excluding hydrogens is 286 g/mol. The predicted octanol–water partition coefficient (Wildman–Crippen LogP) is 2.48. The topological polar surface area (TPSA) is 86.7 Å². The van der Waals surface area contributed by atoms with Gasteiger partial charge in [0, 0.05) is 19.2 Å². The molecule has 96 valence electrons. The summed E-state index contributed by atoms with van der Waals surface area (Å²) in [7, 11) is 1.85.